The molecule has 0 aliphatic heterocycles. The molecule has 1 aromatic rings. The second kappa shape index (κ2) is 4.68. The van der Waals surface area contributed by atoms with Gasteiger partial charge < -0.3 is 0 Å². The van der Waals surface area contributed by atoms with Gasteiger partial charge in [0.05, 0.1) is 5.56 Å². The zero-order valence-electron chi connectivity index (χ0n) is 7.38. The van der Waals surface area contributed by atoms with Crippen LogP contribution in [0.4, 0.5) is 13.2 Å². The Morgan fingerprint density at radius 1 is 1.36 bits per heavy atom. The van der Waals surface area contributed by atoms with E-state index in [1.165, 1.54) is 12.3 Å². The first kappa shape index (κ1) is 11.4. The fraction of sp³-hybridized carbons (Fsp3) is 0.444. The lowest BCUT2D eigenvalue weighted by Crippen LogP contribution is -2.09. The number of halogens is 3. The minimum atomic E-state index is -4.31. The largest absolute Gasteiger partial charge is 0.418 e. The molecule has 0 aliphatic rings. The normalized spacial score (nSPS) is 11.7. The maximum Gasteiger partial charge on any atom is 0.418 e. The van der Waals surface area contributed by atoms with Crippen molar-refractivity contribution in [3.8, 4) is 0 Å². The summed E-state index contributed by atoms with van der Waals surface area (Å²) in [5.74, 6) is 0.583. The lowest BCUT2D eigenvalue weighted by molar-refractivity contribution is -0.138. The molecule has 1 rings (SSSR count). The topological polar surface area (TPSA) is 12.9 Å². The maximum atomic E-state index is 12.4. The summed E-state index contributed by atoms with van der Waals surface area (Å²) in [5.41, 5.74) is -0.344. The highest BCUT2D eigenvalue weighted by molar-refractivity contribution is 7.80. The number of aromatic nitrogens is 1. The average Bonchev–Trinajstić information content (AvgIpc) is 2.14. The van der Waals surface area contributed by atoms with Crippen LogP contribution < -0.4 is 0 Å². The predicted octanol–water partition coefficient (Wildman–Crippen LogP) is 2.96. The summed E-state index contributed by atoms with van der Waals surface area (Å²) in [5, 5.41) is 0. The highest BCUT2D eigenvalue weighted by Crippen LogP contribution is 2.31. The molecule has 14 heavy (non-hydrogen) atoms. The van der Waals surface area contributed by atoms with E-state index in [1.807, 2.05) is 0 Å². The molecule has 0 aliphatic carbocycles. The smallest absolute Gasteiger partial charge is 0.264 e. The lowest BCUT2D eigenvalue weighted by Gasteiger charge is -2.11. The predicted molar refractivity (Wildman–Crippen MR) is 51.4 cm³/mol. The second-order valence-electron chi connectivity index (χ2n) is 2.86. The molecule has 5 heteroatoms. The molecular weight excluding hydrogens is 211 g/mol. The Kier molecular flexibility index (Phi) is 3.80. The highest BCUT2D eigenvalue weighted by Gasteiger charge is 2.33. The lowest BCUT2D eigenvalue weighted by atomic mass is 10.1. The zero-order valence-corrected chi connectivity index (χ0v) is 8.28. The summed E-state index contributed by atoms with van der Waals surface area (Å²) in [6.45, 7) is 0. The number of pyridine rings is 1. The first-order valence-corrected chi connectivity index (χ1v) is 4.80. The van der Waals surface area contributed by atoms with E-state index in [-0.39, 0.29) is 0 Å². The number of nitrogens with zero attached hydrogens (tertiary/aromatic N) is 1. The van der Waals surface area contributed by atoms with Crippen molar-refractivity contribution in [2.24, 2.45) is 0 Å². The quantitative estimate of drug-likeness (QED) is 0.774. The van der Waals surface area contributed by atoms with Crippen LogP contribution in [0.15, 0.2) is 18.5 Å². The van der Waals surface area contributed by atoms with Gasteiger partial charge in [-0.05, 0) is 30.2 Å². The standard InChI is InChI=1S/C9H10F3NS/c10-9(11,12)8-6-13-4-3-7(8)2-1-5-14/h3-4,6,14H,1-2,5H2. The van der Waals surface area contributed by atoms with Crippen molar-refractivity contribution in [2.45, 2.75) is 19.0 Å². The van der Waals surface area contributed by atoms with Crippen LogP contribution in [-0.4, -0.2) is 10.7 Å². The third-order valence-corrected chi connectivity index (χ3v) is 2.14. The average molecular weight is 221 g/mol. The number of hydrogen-bond acceptors (Lipinski definition) is 2. The highest BCUT2D eigenvalue weighted by atomic mass is 32.1. The summed E-state index contributed by atoms with van der Waals surface area (Å²) < 4.78 is 37.2. The van der Waals surface area contributed by atoms with E-state index < -0.39 is 11.7 Å². The molecular formula is C9H10F3NS. The van der Waals surface area contributed by atoms with Crippen molar-refractivity contribution in [1.29, 1.82) is 0 Å². The fourth-order valence-corrected chi connectivity index (χ4v) is 1.32. The van der Waals surface area contributed by atoms with Crippen LogP contribution >= 0.6 is 12.6 Å². The summed E-state index contributed by atoms with van der Waals surface area (Å²) in [6, 6.07) is 1.41. The van der Waals surface area contributed by atoms with E-state index in [0.29, 0.717) is 24.2 Å². The first-order chi connectivity index (χ1) is 6.55. The molecule has 1 heterocycles. The van der Waals surface area contributed by atoms with Gasteiger partial charge in [0.15, 0.2) is 0 Å². The Balaban J connectivity index is 2.92. The summed E-state index contributed by atoms with van der Waals surface area (Å²) in [6.07, 6.45) is -1.03. The number of thiol groups is 1. The van der Waals surface area contributed by atoms with Crippen molar-refractivity contribution >= 4 is 12.6 Å². The number of aryl methyl sites for hydroxylation is 1. The van der Waals surface area contributed by atoms with Crippen LogP contribution in [0.2, 0.25) is 0 Å². The van der Waals surface area contributed by atoms with E-state index in [1.54, 1.807) is 0 Å². The Labute approximate surface area is 85.8 Å². The third kappa shape index (κ3) is 2.90. The van der Waals surface area contributed by atoms with Gasteiger partial charge >= 0.3 is 6.18 Å². The van der Waals surface area contributed by atoms with Gasteiger partial charge in [0.2, 0.25) is 0 Å². The molecule has 0 fully saturated rings. The summed E-state index contributed by atoms with van der Waals surface area (Å²) in [4.78, 5) is 3.48. The number of hydrogen-bond donors (Lipinski definition) is 1. The molecule has 0 saturated carbocycles. The molecule has 0 N–H and O–H groups in total. The van der Waals surface area contributed by atoms with Crippen LogP contribution in [-0.2, 0) is 12.6 Å². The molecule has 0 saturated heterocycles. The van der Waals surface area contributed by atoms with Crippen molar-refractivity contribution in [1.82, 2.24) is 4.98 Å². The molecule has 1 nitrogen and oxygen atoms in total. The van der Waals surface area contributed by atoms with E-state index >= 15 is 0 Å². The van der Waals surface area contributed by atoms with E-state index in [0.717, 1.165) is 6.20 Å². The van der Waals surface area contributed by atoms with Gasteiger partial charge in [-0.2, -0.15) is 25.8 Å². The number of alkyl halides is 3. The van der Waals surface area contributed by atoms with Crippen LogP contribution in [0.3, 0.4) is 0 Å². The van der Waals surface area contributed by atoms with Crippen molar-refractivity contribution < 1.29 is 13.2 Å². The molecule has 1 aromatic heterocycles. The molecule has 0 spiro atoms. The molecule has 0 radical (unpaired) electrons. The zero-order chi connectivity index (χ0) is 10.6. The van der Waals surface area contributed by atoms with Gasteiger partial charge in [0, 0.05) is 12.4 Å². The van der Waals surface area contributed by atoms with Crippen molar-refractivity contribution in [3.05, 3.63) is 29.6 Å². The molecule has 0 aromatic carbocycles. The molecule has 0 unspecified atom stereocenters. The fourth-order valence-electron chi connectivity index (χ4n) is 1.17. The van der Waals surface area contributed by atoms with Gasteiger partial charge in [-0.1, -0.05) is 0 Å². The maximum absolute atomic E-state index is 12.4. The molecule has 0 atom stereocenters. The van der Waals surface area contributed by atoms with Crippen molar-refractivity contribution in [3.63, 3.8) is 0 Å². The monoisotopic (exact) mass is 221 g/mol. The summed E-state index contributed by atoms with van der Waals surface area (Å²) in [7, 11) is 0. The second-order valence-corrected chi connectivity index (χ2v) is 3.30. The third-order valence-electron chi connectivity index (χ3n) is 1.82. The van der Waals surface area contributed by atoms with Gasteiger partial charge in [-0.15, -0.1) is 0 Å². The Morgan fingerprint density at radius 3 is 2.64 bits per heavy atom. The van der Waals surface area contributed by atoms with Crippen molar-refractivity contribution in [2.75, 3.05) is 5.75 Å². The SMILES string of the molecule is FC(F)(F)c1cnccc1CCCS. The van der Waals surface area contributed by atoms with Crippen LogP contribution in [0.25, 0.3) is 0 Å². The van der Waals surface area contributed by atoms with Crippen LogP contribution in [0.1, 0.15) is 17.5 Å². The Morgan fingerprint density at radius 2 is 2.07 bits per heavy atom. The summed E-state index contributed by atoms with van der Waals surface area (Å²) >= 11 is 3.96. The van der Waals surface area contributed by atoms with Gasteiger partial charge in [0.25, 0.3) is 0 Å². The molecule has 0 amide bonds. The molecule has 0 bridgehead atoms. The van der Waals surface area contributed by atoms with Gasteiger partial charge in [0.1, 0.15) is 0 Å². The van der Waals surface area contributed by atoms with E-state index in [2.05, 4.69) is 17.6 Å². The first-order valence-electron chi connectivity index (χ1n) is 4.16. The Hall–Kier alpha value is -0.710. The minimum Gasteiger partial charge on any atom is -0.264 e. The van der Waals surface area contributed by atoms with E-state index in [9.17, 15) is 13.2 Å². The number of rotatable bonds is 3. The minimum absolute atomic E-state index is 0.293. The van der Waals surface area contributed by atoms with Gasteiger partial charge in [-0.3, -0.25) is 4.98 Å². The van der Waals surface area contributed by atoms with Crippen LogP contribution in [0, 0.1) is 0 Å². The molecule has 78 valence electrons. The van der Waals surface area contributed by atoms with Gasteiger partial charge in [-0.25, -0.2) is 0 Å². The Bertz CT molecular complexity index is 298. The van der Waals surface area contributed by atoms with E-state index in [4.69, 9.17) is 0 Å². The van der Waals surface area contributed by atoms with Crippen LogP contribution in [0.5, 0.6) is 0 Å².